The highest BCUT2D eigenvalue weighted by atomic mass is 17.1. The maximum absolute atomic E-state index is 9.73. The van der Waals surface area contributed by atoms with E-state index in [4.69, 9.17) is 0 Å². The molecule has 0 amide bonds. The summed E-state index contributed by atoms with van der Waals surface area (Å²) in [5.74, 6) is -1.08. The molecule has 0 heterocycles. The Balaban J connectivity index is 2.83. The summed E-state index contributed by atoms with van der Waals surface area (Å²) in [6.45, 7) is 0.0767. The van der Waals surface area contributed by atoms with Gasteiger partial charge in [-0.15, -0.1) is 0 Å². The molecule has 0 saturated heterocycles. The van der Waals surface area contributed by atoms with Crippen LogP contribution in [0.2, 0.25) is 0 Å². The first kappa shape index (κ1) is 8.39. The number of unbranched alkanes of at least 4 members (excludes halogenated alkanes) is 1. The third-order valence-electron chi connectivity index (χ3n) is 0.859. The van der Waals surface area contributed by atoms with E-state index in [1.165, 1.54) is 0 Å². The zero-order valence-corrected chi connectivity index (χ0v) is 4.96. The average Bonchev–Trinajstić information content (AvgIpc) is 1.80. The van der Waals surface area contributed by atoms with Gasteiger partial charge >= 0.3 is 0 Å². The van der Waals surface area contributed by atoms with Crippen LogP contribution in [0.15, 0.2) is 0 Å². The molecule has 0 N–H and O–H groups in total. The van der Waals surface area contributed by atoms with Crippen LogP contribution in [0.4, 0.5) is 0 Å². The van der Waals surface area contributed by atoms with Crippen LogP contribution in [0, 0.1) is 0 Å². The molecule has 0 aromatic heterocycles. The van der Waals surface area contributed by atoms with E-state index in [2.05, 4.69) is 4.89 Å². The smallest absolute Gasteiger partial charge is 0.0855 e. The summed E-state index contributed by atoms with van der Waals surface area (Å²) in [4.78, 5) is 13.2. The van der Waals surface area contributed by atoms with Crippen LogP contribution < -0.4 is 5.11 Å². The standard InChI is InChI=1S/C5H9O4/c6-5(7)3-1-2-4-9-8/h1-4H2,(H,6,7)/p-1. The number of rotatable bonds is 5. The minimum atomic E-state index is -1.08. The molecular weight excluding hydrogens is 124 g/mol. The minimum absolute atomic E-state index is 0.00333. The summed E-state index contributed by atoms with van der Waals surface area (Å²) in [5.41, 5.74) is 0. The predicted octanol–water partition coefficient (Wildman–Crippen LogP) is -0.731. The van der Waals surface area contributed by atoms with Crippen molar-refractivity contribution in [1.82, 2.24) is 0 Å². The molecule has 0 atom stereocenters. The molecule has 53 valence electrons. The van der Waals surface area contributed by atoms with Gasteiger partial charge < -0.3 is 9.90 Å². The Labute approximate surface area is 53.0 Å². The monoisotopic (exact) mass is 132 g/mol. The van der Waals surface area contributed by atoms with E-state index in [1.807, 2.05) is 0 Å². The van der Waals surface area contributed by atoms with Gasteiger partial charge in [-0.25, -0.2) is 4.89 Å². The second-order valence-electron chi connectivity index (χ2n) is 1.65. The largest absolute Gasteiger partial charge is 0.550 e. The number of carboxylic acid groups (broad SMARTS) is 1. The van der Waals surface area contributed by atoms with Gasteiger partial charge in [0.15, 0.2) is 0 Å². The Morgan fingerprint density at radius 3 is 2.56 bits per heavy atom. The zero-order valence-electron chi connectivity index (χ0n) is 4.96. The minimum Gasteiger partial charge on any atom is -0.550 e. The van der Waals surface area contributed by atoms with Crippen LogP contribution in [0.1, 0.15) is 19.3 Å². The van der Waals surface area contributed by atoms with Gasteiger partial charge in [0.05, 0.1) is 6.61 Å². The van der Waals surface area contributed by atoms with Crippen molar-refractivity contribution in [3.8, 4) is 0 Å². The van der Waals surface area contributed by atoms with Crippen molar-refractivity contribution in [1.29, 1.82) is 0 Å². The van der Waals surface area contributed by atoms with Gasteiger partial charge in [0.1, 0.15) is 0 Å². The zero-order chi connectivity index (χ0) is 7.11. The van der Waals surface area contributed by atoms with E-state index >= 15 is 0 Å². The topological polar surface area (TPSA) is 69.3 Å². The molecule has 0 saturated carbocycles. The molecule has 1 radical (unpaired) electrons. The lowest BCUT2D eigenvalue weighted by molar-refractivity contribution is -0.308. The molecule has 0 fully saturated rings. The molecule has 0 aliphatic rings. The van der Waals surface area contributed by atoms with Crippen LogP contribution in [0.3, 0.4) is 0 Å². The normalized spacial score (nSPS) is 9.44. The van der Waals surface area contributed by atoms with Gasteiger partial charge in [-0.05, 0) is 24.5 Å². The average molecular weight is 132 g/mol. The SMILES string of the molecule is [O]OCCCCC(=O)[O-]. The molecule has 0 aliphatic carbocycles. The molecule has 4 heteroatoms. The molecule has 0 aromatic rings. The summed E-state index contributed by atoms with van der Waals surface area (Å²) >= 11 is 0. The molecule has 0 unspecified atom stereocenters. The maximum Gasteiger partial charge on any atom is 0.0855 e. The molecule has 0 bridgehead atoms. The fourth-order valence-corrected chi connectivity index (χ4v) is 0.430. The first-order chi connectivity index (χ1) is 4.27. The van der Waals surface area contributed by atoms with E-state index in [1.54, 1.807) is 0 Å². The molecule has 9 heavy (non-hydrogen) atoms. The number of aliphatic carboxylic acids is 1. The van der Waals surface area contributed by atoms with Crippen LogP contribution in [0.5, 0.6) is 0 Å². The number of hydrogen-bond acceptors (Lipinski definition) is 3. The van der Waals surface area contributed by atoms with Crippen molar-refractivity contribution in [2.75, 3.05) is 6.61 Å². The summed E-state index contributed by atoms with van der Waals surface area (Å²) in [5, 5.41) is 19.0. The van der Waals surface area contributed by atoms with Crippen molar-refractivity contribution >= 4 is 5.97 Å². The van der Waals surface area contributed by atoms with Crippen molar-refractivity contribution < 1.29 is 20.0 Å². The lowest BCUT2D eigenvalue weighted by Crippen LogP contribution is -2.21. The molecule has 0 rings (SSSR count). The second-order valence-corrected chi connectivity index (χ2v) is 1.65. The molecule has 0 aromatic carbocycles. The molecule has 0 spiro atoms. The maximum atomic E-state index is 9.73. The Hall–Kier alpha value is -0.610. The first-order valence-corrected chi connectivity index (χ1v) is 2.72. The number of carboxylic acids is 1. The van der Waals surface area contributed by atoms with Crippen molar-refractivity contribution in [3.63, 3.8) is 0 Å². The lowest BCUT2D eigenvalue weighted by atomic mass is 10.2. The molecular formula is C5H8O4-. The molecule has 0 aliphatic heterocycles. The van der Waals surface area contributed by atoms with E-state index in [-0.39, 0.29) is 13.0 Å². The van der Waals surface area contributed by atoms with Crippen molar-refractivity contribution in [2.24, 2.45) is 0 Å². The summed E-state index contributed by atoms with van der Waals surface area (Å²) < 4.78 is 0. The Bertz CT molecular complexity index is 81.0. The highest BCUT2D eigenvalue weighted by Gasteiger charge is 1.88. The van der Waals surface area contributed by atoms with Gasteiger partial charge in [-0.3, -0.25) is 0 Å². The lowest BCUT2D eigenvalue weighted by Gasteiger charge is -1.98. The quantitative estimate of drug-likeness (QED) is 0.281. The third-order valence-corrected chi connectivity index (χ3v) is 0.859. The van der Waals surface area contributed by atoms with E-state index in [9.17, 15) is 15.2 Å². The van der Waals surface area contributed by atoms with E-state index in [0.717, 1.165) is 0 Å². The van der Waals surface area contributed by atoms with Gasteiger partial charge in [0.25, 0.3) is 0 Å². The number of carbonyl (C=O) groups excluding carboxylic acids is 1. The van der Waals surface area contributed by atoms with Gasteiger partial charge in [-0.1, -0.05) is 0 Å². The van der Waals surface area contributed by atoms with Gasteiger partial charge in [-0.2, -0.15) is 0 Å². The highest BCUT2D eigenvalue weighted by Crippen LogP contribution is 1.92. The number of hydrogen-bond donors (Lipinski definition) is 0. The van der Waals surface area contributed by atoms with E-state index in [0.29, 0.717) is 12.8 Å². The van der Waals surface area contributed by atoms with Gasteiger partial charge in [0, 0.05) is 5.97 Å². The fourth-order valence-electron chi connectivity index (χ4n) is 0.430. The second kappa shape index (κ2) is 5.53. The Kier molecular flexibility index (Phi) is 5.15. The summed E-state index contributed by atoms with van der Waals surface area (Å²) in [6.07, 6.45) is 0.936. The third kappa shape index (κ3) is 7.39. The van der Waals surface area contributed by atoms with Crippen LogP contribution in [-0.2, 0) is 14.9 Å². The van der Waals surface area contributed by atoms with Crippen LogP contribution in [0.25, 0.3) is 0 Å². The first-order valence-electron chi connectivity index (χ1n) is 2.72. The highest BCUT2D eigenvalue weighted by molar-refractivity contribution is 5.63. The van der Waals surface area contributed by atoms with Crippen molar-refractivity contribution in [2.45, 2.75) is 19.3 Å². The predicted molar refractivity (Wildman–Crippen MR) is 25.5 cm³/mol. The summed E-state index contributed by atoms with van der Waals surface area (Å²) in [6, 6.07) is 0. The van der Waals surface area contributed by atoms with Crippen molar-refractivity contribution in [3.05, 3.63) is 0 Å². The van der Waals surface area contributed by atoms with Crippen LogP contribution >= 0.6 is 0 Å². The van der Waals surface area contributed by atoms with Crippen LogP contribution in [-0.4, -0.2) is 12.6 Å². The van der Waals surface area contributed by atoms with Gasteiger partial charge in [0.2, 0.25) is 0 Å². The molecule has 4 nitrogen and oxygen atoms in total. The Morgan fingerprint density at radius 1 is 1.44 bits per heavy atom. The number of carbonyl (C=O) groups is 1. The summed E-state index contributed by atoms with van der Waals surface area (Å²) in [7, 11) is 0. The Morgan fingerprint density at radius 2 is 2.11 bits per heavy atom. The van der Waals surface area contributed by atoms with E-state index < -0.39 is 5.97 Å². The fraction of sp³-hybridized carbons (Fsp3) is 0.800.